The highest BCUT2D eigenvalue weighted by atomic mass is 16.5. The third-order valence-corrected chi connectivity index (χ3v) is 4.54. The SMILES string of the molecule is CN1C(=O)CO[C@@H](C(=O)N2CCCCC2)[C@H]1c1ccccc1. The maximum Gasteiger partial charge on any atom is 0.254 e. The smallest absolute Gasteiger partial charge is 0.254 e. The number of hydrogen-bond acceptors (Lipinski definition) is 3. The van der Waals surface area contributed by atoms with Crippen LogP contribution in [0.2, 0.25) is 0 Å². The highest BCUT2D eigenvalue weighted by Crippen LogP contribution is 2.30. The number of likely N-dealkylation sites (N-methyl/N-ethyl adjacent to an activating group) is 1. The Kier molecular flexibility index (Phi) is 4.43. The van der Waals surface area contributed by atoms with Gasteiger partial charge in [0.1, 0.15) is 6.61 Å². The average molecular weight is 302 g/mol. The molecule has 3 rings (SSSR count). The van der Waals surface area contributed by atoms with Crippen LogP contribution in [-0.4, -0.2) is 54.5 Å². The van der Waals surface area contributed by atoms with Gasteiger partial charge in [0.15, 0.2) is 6.10 Å². The monoisotopic (exact) mass is 302 g/mol. The van der Waals surface area contributed by atoms with Crippen molar-refractivity contribution < 1.29 is 14.3 Å². The van der Waals surface area contributed by atoms with Crippen molar-refractivity contribution >= 4 is 11.8 Å². The molecule has 2 heterocycles. The van der Waals surface area contributed by atoms with Gasteiger partial charge >= 0.3 is 0 Å². The zero-order chi connectivity index (χ0) is 15.5. The van der Waals surface area contributed by atoms with Crippen LogP contribution in [0.4, 0.5) is 0 Å². The molecular weight excluding hydrogens is 280 g/mol. The lowest BCUT2D eigenvalue weighted by molar-refractivity contribution is -0.167. The molecule has 1 aromatic rings. The summed E-state index contributed by atoms with van der Waals surface area (Å²) in [6, 6.07) is 9.31. The van der Waals surface area contributed by atoms with Gasteiger partial charge in [-0.1, -0.05) is 30.3 Å². The molecule has 2 atom stereocenters. The second-order valence-corrected chi connectivity index (χ2v) is 5.98. The standard InChI is InChI=1S/C17H22N2O3/c1-18-14(20)12-22-16(15(18)13-8-4-2-5-9-13)17(21)19-10-6-3-7-11-19/h2,4-5,8-9,15-16H,3,6-7,10-12H2,1H3/t15-,16-/m1/s1. The van der Waals surface area contributed by atoms with Gasteiger partial charge in [0, 0.05) is 20.1 Å². The molecule has 2 aliphatic heterocycles. The molecule has 5 nitrogen and oxygen atoms in total. The van der Waals surface area contributed by atoms with Gasteiger partial charge in [0.05, 0.1) is 6.04 Å². The van der Waals surface area contributed by atoms with E-state index < -0.39 is 6.10 Å². The fourth-order valence-electron chi connectivity index (χ4n) is 3.26. The van der Waals surface area contributed by atoms with E-state index in [1.54, 1.807) is 11.9 Å². The first-order valence-corrected chi connectivity index (χ1v) is 7.89. The van der Waals surface area contributed by atoms with Crippen LogP contribution >= 0.6 is 0 Å². The Morgan fingerprint density at radius 2 is 1.82 bits per heavy atom. The molecule has 0 bridgehead atoms. The maximum absolute atomic E-state index is 12.9. The molecule has 22 heavy (non-hydrogen) atoms. The van der Waals surface area contributed by atoms with Crippen molar-refractivity contribution in [1.82, 2.24) is 9.80 Å². The number of likely N-dealkylation sites (tertiary alicyclic amines) is 1. The minimum absolute atomic E-state index is 0.00732. The van der Waals surface area contributed by atoms with E-state index in [1.165, 1.54) is 6.42 Å². The second kappa shape index (κ2) is 6.48. The molecular formula is C17H22N2O3. The normalized spacial score (nSPS) is 26.1. The summed E-state index contributed by atoms with van der Waals surface area (Å²) in [6.45, 7) is 1.56. The fraction of sp³-hybridized carbons (Fsp3) is 0.529. The lowest BCUT2D eigenvalue weighted by Gasteiger charge is -2.40. The van der Waals surface area contributed by atoms with Gasteiger partial charge in [-0.25, -0.2) is 0 Å². The van der Waals surface area contributed by atoms with Crippen LogP contribution in [0, 0.1) is 0 Å². The predicted molar refractivity (Wildman–Crippen MR) is 82.1 cm³/mol. The van der Waals surface area contributed by atoms with Crippen LogP contribution in [0.15, 0.2) is 30.3 Å². The lowest BCUT2D eigenvalue weighted by Crippen LogP contribution is -2.54. The Labute approximate surface area is 130 Å². The summed E-state index contributed by atoms with van der Waals surface area (Å²) in [5.74, 6) is -0.0792. The van der Waals surface area contributed by atoms with Gasteiger partial charge in [-0.05, 0) is 24.8 Å². The number of carbonyl (C=O) groups is 2. The largest absolute Gasteiger partial charge is 0.356 e. The lowest BCUT2D eigenvalue weighted by atomic mass is 9.96. The van der Waals surface area contributed by atoms with Crippen LogP contribution in [0.3, 0.4) is 0 Å². The average Bonchev–Trinajstić information content (AvgIpc) is 2.58. The van der Waals surface area contributed by atoms with Crippen LogP contribution in [0.25, 0.3) is 0 Å². The first-order chi connectivity index (χ1) is 10.7. The zero-order valence-corrected chi connectivity index (χ0v) is 12.9. The number of nitrogens with zero attached hydrogens (tertiary/aromatic N) is 2. The van der Waals surface area contributed by atoms with E-state index in [4.69, 9.17) is 4.74 Å². The molecule has 118 valence electrons. The topological polar surface area (TPSA) is 49.9 Å². The van der Waals surface area contributed by atoms with Crippen LogP contribution in [0.5, 0.6) is 0 Å². The van der Waals surface area contributed by atoms with E-state index >= 15 is 0 Å². The minimum Gasteiger partial charge on any atom is -0.356 e. The Morgan fingerprint density at radius 3 is 2.50 bits per heavy atom. The van der Waals surface area contributed by atoms with Crippen molar-refractivity contribution in [3.63, 3.8) is 0 Å². The summed E-state index contributed by atoms with van der Waals surface area (Å²) in [5, 5.41) is 0. The summed E-state index contributed by atoms with van der Waals surface area (Å²) in [6.07, 6.45) is 2.66. The molecule has 0 unspecified atom stereocenters. The van der Waals surface area contributed by atoms with Gasteiger partial charge < -0.3 is 14.5 Å². The number of carbonyl (C=O) groups excluding carboxylic acids is 2. The summed E-state index contributed by atoms with van der Waals surface area (Å²) >= 11 is 0. The van der Waals surface area contributed by atoms with Crippen molar-refractivity contribution in [1.29, 1.82) is 0 Å². The number of piperidine rings is 1. The Bertz CT molecular complexity index is 540. The van der Waals surface area contributed by atoms with Gasteiger partial charge in [0.2, 0.25) is 5.91 Å². The van der Waals surface area contributed by atoms with E-state index in [0.29, 0.717) is 0 Å². The highest BCUT2D eigenvalue weighted by molar-refractivity contribution is 5.86. The molecule has 0 aliphatic carbocycles. The van der Waals surface area contributed by atoms with Gasteiger partial charge in [-0.15, -0.1) is 0 Å². The first kappa shape index (κ1) is 15.0. The molecule has 0 radical (unpaired) electrons. The van der Waals surface area contributed by atoms with Crippen molar-refractivity contribution in [2.45, 2.75) is 31.4 Å². The van der Waals surface area contributed by atoms with Gasteiger partial charge in [-0.3, -0.25) is 9.59 Å². The molecule has 0 aromatic heterocycles. The summed E-state index contributed by atoms with van der Waals surface area (Å²) in [4.78, 5) is 28.4. The maximum atomic E-state index is 12.9. The molecule has 0 N–H and O–H groups in total. The van der Waals surface area contributed by atoms with E-state index in [-0.39, 0.29) is 24.5 Å². The Morgan fingerprint density at radius 1 is 1.14 bits per heavy atom. The number of benzene rings is 1. The number of morpholine rings is 1. The van der Waals surface area contributed by atoms with Gasteiger partial charge in [0.25, 0.3) is 5.91 Å². The summed E-state index contributed by atoms with van der Waals surface area (Å²) < 4.78 is 5.66. The molecule has 2 fully saturated rings. The molecule has 0 saturated carbocycles. The van der Waals surface area contributed by atoms with Crippen molar-refractivity contribution in [3.05, 3.63) is 35.9 Å². The number of hydrogen-bond donors (Lipinski definition) is 0. The number of rotatable bonds is 2. The molecule has 0 spiro atoms. The quantitative estimate of drug-likeness (QED) is 0.834. The molecule has 5 heteroatoms. The third kappa shape index (κ3) is 2.86. The highest BCUT2D eigenvalue weighted by Gasteiger charge is 2.41. The third-order valence-electron chi connectivity index (χ3n) is 4.54. The van der Waals surface area contributed by atoms with E-state index in [0.717, 1.165) is 31.5 Å². The molecule has 1 aromatic carbocycles. The Hall–Kier alpha value is -1.88. The fourth-order valence-corrected chi connectivity index (χ4v) is 3.26. The molecule has 2 aliphatic rings. The van der Waals surface area contributed by atoms with Crippen LogP contribution in [0.1, 0.15) is 30.9 Å². The van der Waals surface area contributed by atoms with E-state index in [1.807, 2.05) is 35.2 Å². The molecule has 2 saturated heterocycles. The number of amides is 2. The predicted octanol–water partition coefficient (Wildman–Crippen LogP) is 1.60. The number of ether oxygens (including phenoxy) is 1. The van der Waals surface area contributed by atoms with Crippen molar-refractivity contribution in [3.8, 4) is 0 Å². The first-order valence-electron chi connectivity index (χ1n) is 7.89. The van der Waals surface area contributed by atoms with Crippen LogP contribution < -0.4 is 0 Å². The van der Waals surface area contributed by atoms with Crippen molar-refractivity contribution in [2.75, 3.05) is 26.7 Å². The second-order valence-electron chi connectivity index (χ2n) is 5.98. The Balaban J connectivity index is 1.86. The summed E-state index contributed by atoms with van der Waals surface area (Å²) in [7, 11) is 1.75. The van der Waals surface area contributed by atoms with E-state index in [9.17, 15) is 9.59 Å². The molecule has 2 amide bonds. The van der Waals surface area contributed by atoms with E-state index in [2.05, 4.69) is 0 Å². The van der Waals surface area contributed by atoms with Crippen molar-refractivity contribution in [2.24, 2.45) is 0 Å². The summed E-state index contributed by atoms with van der Waals surface area (Å²) in [5.41, 5.74) is 0.938. The van der Waals surface area contributed by atoms with Crippen LogP contribution in [-0.2, 0) is 14.3 Å². The minimum atomic E-state index is -0.608. The van der Waals surface area contributed by atoms with Gasteiger partial charge in [-0.2, -0.15) is 0 Å². The zero-order valence-electron chi connectivity index (χ0n) is 12.9.